The molecule has 0 saturated carbocycles. The van der Waals surface area contributed by atoms with E-state index < -0.39 is 27.7 Å². The third-order valence-corrected chi connectivity index (χ3v) is 7.18. The molecule has 172 valence electrons. The smallest absolute Gasteiger partial charge is 0.340 e. The zero-order chi connectivity index (χ0) is 23.7. The Kier molecular flexibility index (Phi) is 6.82. The van der Waals surface area contributed by atoms with Gasteiger partial charge in [0.25, 0.3) is 5.91 Å². The number of halogens is 4. The molecule has 1 fully saturated rings. The minimum absolute atomic E-state index is 0.0677. The van der Waals surface area contributed by atoms with Crippen LogP contribution >= 0.6 is 11.6 Å². The quantitative estimate of drug-likeness (QED) is 0.712. The molecular weight excluding hydrogens is 471 g/mol. The average Bonchev–Trinajstić information content (AvgIpc) is 2.74. The predicted molar refractivity (Wildman–Crippen MR) is 112 cm³/mol. The Morgan fingerprint density at radius 3 is 2.28 bits per heavy atom. The van der Waals surface area contributed by atoms with Gasteiger partial charge < -0.3 is 10.2 Å². The highest BCUT2D eigenvalue weighted by Gasteiger charge is 2.32. The van der Waals surface area contributed by atoms with Crippen LogP contribution in [0.4, 0.5) is 18.9 Å². The van der Waals surface area contributed by atoms with Gasteiger partial charge in [-0.1, -0.05) is 17.7 Å². The predicted octanol–water partition coefficient (Wildman–Crippen LogP) is 3.46. The number of sulfonamides is 1. The normalized spacial score (nSPS) is 15.5. The average molecular weight is 490 g/mol. The first kappa shape index (κ1) is 24.0. The van der Waals surface area contributed by atoms with E-state index in [1.807, 2.05) is 0 Å². The molecule has 1 N–H and O–H groups in total. The van der Waals surface area contributed by atoms with Crippen molar-refractivity contribution in [1.82, 2.24) is 9.21 Å². The van der Waals surface area contributed by atoms with Crippen LogP contribution in [0, 0.1) is 0 Å². The standard InChI is InChI=1S/C20H19ClF3N3O4S/c1-13(28)26-7-9-27(10-8-26)32(30,31)16-4-2-3-14(11-16)19(29)25-18-12-15(20(22,23)24)5-6-17(18)21/h2-6,11-12H,7-10H2,1H3,(H,25,29). The zero-order valence-corrected chi connectivity index (χ0v) is 18.4. The van der Waals surface area contributed by atoms with Crippen LogP contribution in [0.25, 0.3) is 0 Å². The highest BCUT2D eigenvalue weighted by atomic mass is 35.5. The summed E-state index contributed by atoms with van der Waals surface area (Å²) in [5.74, 6) is -0.960. The molecule has 1 aliphatic heterocycles. The van der Waals surface area contributed by atoms with Gasteiger partial charge in [0.2, 0.25) is 15.9 Å². The van der Waals surface area contributed by atoms with Crippen LogP contribution in [0.5, 0.6) is 0 Å². The number of hydrogen-bond donors (Lipinski definition) is 1. The van der Waals surface area contributed by atoms with Crippen LogP contribution in [0.15, 0.2) is 47.4 Å². The molecule has 0 aromatic heterocycles. The maximum atomic E-state index is 13.0. The minimum Gasteiger partial charge on any atom is -0.340 e. The molecule has 0 aliphatic carbocycles. The number of benzene rings is 2. The number of hydrogen-bond acceptors (Lipinski definition) is 4. The van der Waals surface area contributed by atoms with Crippen molar-refractivity contribution in [3.8, 4) is 0 Å². The highest BCUT2D eigenvalue weighted by Crippen LogP contribution is 2.34. The van der Waals surface area contributed by atoms with Gasteiger partial charge in [-0.2, -0.15) is 17.5 Å². The largest absolute Gasteiger partial charge is 0.416 e. The number of amides is 2. The molecule has 32 heavy (non-hydrogen) atoms. The third-order valence-electron chi connectivity index (χ3n) is 4.96. The van der Waals surface area contributed by atoms with E-state index in [9.17, 15) is 31.2 Å². The molecule has 0 atom stereocenters. The van der Waals surface area contributed by atoms with Gasteiger partial charge in [-0.3, -0.25) is 9.59 Å². The van der Waals surface area contributed by atoms with Gasteiger partial charge in [0.15, 0.2) is 0 Å². The number of carbonyl (C=O) groups is 2. The molecule has 1 heterocycles. The fourth-order valence-corrected chi connectivity index (χ4v) is 4.82. The molecule has 12 heteroatoms. The van der Waals surface area contributed by atoms with Crippen molar-refractivity contribution < 1.29 is 31.2 Å². The number of alkyl halides is 3. The second-order valence-electron chi connectivity index (χ2n) is 7.08. The van der Waals surface area contributed by atoms with Crippen LogP contribution in [-0.4, -0.2) is 55.6 Å². The summed E-state index contributed by atoms with van der Waals surface area (Å²) in [6.45, 7) is 2.13. The monoisotopic (exact) mass is 489 g/mol. The molecule has 0 unspecified atom stereocenters. The fraction of sp³-hybridized carbons (Fsp3) is 0.300. The van der Waals surface area contributed by atoms with Gasteiger partial charge in [-0.15, -0.1) is 0 Å². The number of carbonyl (C=O) groups excluding carboxylic acids is 2. The maximum absolute atomic E-state index is 13.0. The van der Waals surface area contributed by atoms with Crippen molar-refractivity contribution >= 4 is 39.1 Å². The van der Waals surface area contributed by atoms with E-state index >= 15 is 0 Å². The van der Waals surface area contributed by atoms with Crippen LogP contribution < -0.4 is 5.32 Å². The third kappa shape index (κ3) is 5.22. The first-order valence-corrected chi connectivity index (χ1v) is 11.3. The number of rotatable bonds is 4. The molecule has 0 spiro atoms. The van der Waals surface area contributed by atoms with Crippen LogP contribution in [0.1, 0.15) is 22.8 Å². The zero-order valence-electron chi connectivity index (χ0n) is 16.8. The van der Waals surface area contributed by atoms with Crippen LogP contribution in [0.2, 0.25) is 5.02 Å². The molecule has 0 radical (unpaired) electrons. The summed E-state index contributed by atoms with van der Waals surface area (Å²) in [4.78, 5) is 25.4. The van der Waals surface area contributed by atoms with Crippen molar-refractivity contribution in [1.29, 1.82) is 0 Å². The summed E-state index contributed by atoms with van der Waals surface area (Å²) >= 11 is 5.90. The fourth-order valence-electron chi connectivity index (χ4n) is 3.18. The van der Waals surface area contributed by atoms with Crippen LogP contribution in [-0.2, 0) is 21.0 Å². The summed E-state index contributed by atoms with van der Waals surface area (Å²) < 4.78 is 65.9. The molecule has 7 nitrogen and oxygen atoms in total. The summed E-state index contributed by atoms with van der Waals surface area (Å²) in [5.41, 5.74) is -1.31. The molecule has 1 saturated heterocycles. The maximum Gasteiger partial charge on any atom is 0.416 e. The van der Waals surface area contributed by atoms with Crippen molar-refractivity contribution in [2.45, 2.75) is 18.0 Å². The molecule has 0 bridgehead atoms. The summed E-state index contributed by atoms with van der Waals surface area (Å²) in [6, 6.07) is 7.67. The SMILES string of the molecule is CC(=O)N1CCN(S(=O)(=O)c2cccc(C(=O)Nc3cc(C(F)(F)F)ccc3Cl)c2)CC1. The van der Waals surface area contributed by atoms with E-state index in [0.29, 0.717) is 6.07 Å². The Bertz CT molecular complexity index is 1150. The molecule has 2 amide bonds. The molecule has 2 aromatic rings. The van der Waals surface area contributed by atoms with E-state index in [1.54, 1.807) is 0 Å². The molecule has 2 aromatic carbocycles. The van der Waals surface area contributed by atoms with Gasteiger partial charge >= 0.3 is 6.18 Å². The number of piperazine rings is 1. The van der Waals surface area contributed by atoms with Gasteiger partial charge in [-0.25, -0.2) is 8.42 Å². The Labute approximate surface area is 187 Å². The topological polar surface area (TPSA) is 86.8 Å². The van der Waals surface area contributed by atoms with Gasteiger partial charge in [-0.05, 0) is 36.4 Å². The van der Waals surface area contributed by atoms with Crippen molar-refractivity contribution in [3.05, 3.63) is 58.6 Å². The van der Waals surface area contributed by atoms with E-state index in [-0.39, 0.29) is 53.3 Å². The van der Waals surface area contributed by atoms with E-state index in [2.05, 4.69) is 5.32 Å². The van der Waals surface area contributed by atoms with Gasteiger partial charge in [0.1, 0.15) is 0 Å². The molecular formula is C20H19ClF3N3O4S. The van der Waals surface area contributed by atoms with Crippen molar-refractivity contribution in [2.75, 3.05) is 31.5 Å². The molecule has 1 aliphatic rings. The van der Waals surface area contributed by atoms with E-state index in [0.717, 1.165) is 18.2 Å². The Balaban J connectivity index is 1.80. The summed E-state index contributed by atoms with van der Waals surface area (Å²) in [5, 5.41) is 2.19. The second kappa shape index (κ2) is 9.08. The van der Waals surface area contributed by atoms with Crippen molar-refractivity contribution in [2.24, 2.45) is 0 Å². The lowest BCUT2D eigenvalue weighted by atomic mass is 10.1. The first-order chi connectivity index (χ1) is 14.9. The Morgan fingerprint density at radius 2 is 1.69 bits per heavy atom. The van der Waals surface area contributed by atoms with Crippen molar-refractivity contribution in [3.63, 3.8) is 0 Å². The Morgan fingerprint density at radius 1 is 1.03 bits per heavy atom. The van der Waals surface area contributed by atoms with Gasteiger partial charge in [0, 0.05) is 38.7 Å². The lowest BCUT2D eigenvalue weighted by molar-refractivity contribution is -0.137. The van der Waals surface area contributed by atoms with Crippen LogP contribution in [0.3, 0.4) is 0 Å². The first-order valence-electron chi connectivity index (χ1n) is 9.43. The van der Waals surface area contributed by atoms with E-state index in [4.69, 9.17) is 11.6 Å². The van der Waals surface area contributed by atoms with Gasteiger partial charge in [0.05, 0.1) is 21.2 Å². The number of nitrogens with one attached hydrogen (secondary N) is 1. The second-order valence-corrected chi connectivity index (χ2v) is 9.43. The highest BCUT2D eigenvalue weighted by molar-refractivity contribution is 7.89. The van der Waals surface area contributed by atoms with E-state index in [1.165, 1.54) is 34.3 Å². The Hall–Kier alpha value is -2.63. The molecule has 3 rings (SSSR count). The lowest BCUT2D eigenvalue weighted by Crippen LogP contribution is -2.49. The number of nitrogens with zero attached hydrogens (tertiary/aromatic N) is 2. The summed E-state index contributed by atoms with van der Waals surface area (Å²) in [7, 11) is -3.93. The lowest BCUT2D eigenvalue weighted by Gasteiger charge is -2.33. The summed E-state index contributed by atoms with van der Waals surface area (Å²) in [6.07, 6.45) is -4.62. The number of anilines is 1. The minimum atomic E-state index is -4.62.